The van der Waals surface area contributed by atoms with Crippen LogP contribution in [0.1, 0.15) is 24.4 Å². The molecule has 19 heavy (non-hydrogen) atoms. The van der Waals surface area contributed by atoms with Crippen molar-refractivity contribution >= 4 is 11.8 Å². The van der Waals surface area contributed by atoms with Crippen molar-refractivity contribution in [3.8, 4) is 0 Å². The minimum atomic E-state index is -0.729. The van der Waals surface area contributed by atoms with Gasteiger partial charge in [-0.1, -0.05) is 0 Å². The summed E-state index contributed by atoms with van der Waals surface area (Å²) in [5.41, 5.74) is 6.47. The molecule has 1 atom stereocenters. The van der Waals surface area contributed by atoms with Gasteiger partial charge in [-0.3, -0.25) is 14.3 Å². The van der Waals surface area contributed by atoms with Crippen molar-refractivity contribution in [2.45, 2.75) is 18.9 Å². The van der Waals surface area contributed by atoms with E-state index in [9.17, 15) is 9.59 Å². The van der Waals surface area contributed by atoms with Crippen molar-refractivity contribution in [2.75, 3.05) is 13.1 Å². The molecule has 2 amide bonds. The molecule has 1 heterocycles. The van der Waals surface area contributed by atoms with Crippen LogP contribution >= 0.6 is 0 Å². The van der Waals surface area contributed by atoms with Crippen molar-refractivity contribution in [1.29, 1.82) is 0 Å². The maximum Gasteiger partial charge on any atom is 0.241 e. The quantitative estimate of drug-likeness (QED) is 0.578. The molecule has 2 rings (SSSR count). The first-order valence-corrected chi connectivity index (χ1v) is 6.37. The predicted octanol–water partition coefficient (Wildman–Crippen LogP) is -0.938. The van der Waals surface area contributed by atoms with Crippen LogP contribution in [-0.4, -0.2) is 34.7 Å². The molecule has 1 aromatic heterocycles. The molecular weight excluding hydrogens is 246 g/mol. The first-order valence-electron chi connectivity index (χ1n) is 6.37. The molecule has 1 aromatic rings. The van der Waals surface area contributed by atoms with E-state index in [-0.39, 0.29) is 17.7 Å². The van der Waals surface area contributed by atoms with E-state index in [1.165, 1.54) is 0 Å². The van der Waals surface area contributed by atoms with Crippen molar-refractivity contribution in [3.63, 3.8) is 0 Å². The zero-order valence-electron chi connectivity index (χ0n) is 10.9. The number of amides is 2. The van der Waals surface area contributed by atoms with Crippen LogP contribution in [-0.2, 0) is 16.6 Å². The van der Waals surface area contributed by atoms with Gasteiger partial charge in [0.1, 0.15) is 6.04 Å². The second kappa shape index (κ2) is 5.83. The molecule has 1 saturated carbocycles. The van der Waals surface area contributed by atoms with E-state index in [1.54, 1.807) is 24.1 Å². The van der Waals surface area contributed by atoms with Crippen molar-refractivity contribution < 1.29 is 9.59 Å². The third kappa shape index (κ3) is 3.78. The maximum absolute atomic E-state index is 11.8. The number of rotatable bonds is 6. The van der Waals surface area contributed by atoms with Gasteiger partial charge in [-0.2, -0.15) is 5.10 Å². The van der Waals surface area contributed by atoms with Crippen LogP contribution in [0, 0.1) is 5.92 Å². The molecule has 7 heteroatoms. The Hall–Kier alpha value is -1.89. The van der Waals surface area contributed by atoms with E-state index in [4.69, 9.17) is 5.73 Å². The standard InChI is InChI=1S/C12H19N5O2/c1-17-7-9(6-16-17)10(13)12(19)15-5-4-14-11(18)8-2-3-8/h6-8,10H,2-5,13H2,1H3,(H,14,18)(H,15,19). The summed E-state index contributed by atoms with van der Waals surface area (Å²) in [5.74, 6) is -0.00664. The Kier molecular flexibility index (Phi) is 4.16. The Morgan fingerprint density at radius 3 is 2.74 bits per heavy atom. The van der Waals surface area contributed by atoms with Crippen molar-refractivity contribution in [3.05, 3.63) is 18.0 Å². The predicted molar refractivity (Wildman–Crippen MR) is 68.9 cm³/mol. The molecule has 0 spiro atoms. The van der Waals surface area contributed by atoms with Crippen LogP contribution in [0.5, 0.6) is 0 Å². The Labute approximate surface area is 111 Å². The fourth-order valence-corrected chi connectivity index (χ4v) is 1.72. The summed E-state index contributed by atoms with van der Waals surface area (Å²) in [6, 6.07) is -0.729. The van der Waals surface area contributed by atoms with Gasteiger partial charge in [-0.05, 0) is 12.8 Å². The van der Waals surface area contributed by atoms with Gasteiger partial charge in [0.15, 0.2) is 0 Å². The molecule has 4 N–H and O–H groups in total. The molecule has 1 unspecified atom stereocenters. The third-order valence-electron chi connectivity index (χ3n) is 3.04. The smallest absolute Gasteiger partial charge is 0.241 e. The lowest BCUT2D eigenvalue weighted by atomic mass is 10.1. The van der Waals surface area contributed by atoms with Crippen LogP contribution in [0.3, 0.4) is 0 Å². The Morgan fingerprint density at radius 2 is 2.16 bits per heavy atom. The number of carbonyl (C=O) groups excluding carboxylic acids is 2. The number of nitrogens with two attached hydrogens (primary N) is 1. The van der Waals surface area contributed by atoms with Gasteiger partial charge < -0.3 is 16.4 Å². The molecule has 104 valence electrons. The third-order valence-corrected chi connectivity index (χ3v) is 3.04. The first kappa shape index (κ1) is 13.5. The monoisotopic (exact) mass is 265 g/mol. The fourth-order valence-electron chi connectivity index (χ4n) is 1.72. The van der Waals surface area contributed by atoms with Crippen LogP contribution in [0.25, 0.3) is 0 Å². The molecule has 0 radical (unpaired) electrons. The van der Waals surface area contributed by atoms with E-state index in [0.717, 1.165) is 12.8 Å². The molecule has 1 aliphatic carbocycles. The van der Waals surface area contributed by atoms with Crippen LogP contribution in [0.2, 0.25) is 0 Å². The lowest BCUT2D eigenvalue weighted by Gasteiger charge is -2.11. The Bertz CT molecular complexity index is 466. The Balaban J connectivity index is 1.67. The van der Waals surface area contributed by atoms with E-state index in [2.05, 4.69) is 15.7 Å². The zero-order valence-corrected chi connectivity index (χ0v) is 10.9. The first-order chi connectivity index (χ1) is 9.08. The van der Waals surface area contributed by atoms with E-state index in [1.807, 2.05) is 0 Å². The van der Waals surface area contributed by atoms with E-state index < -0.39 is 6.04 Å². The molecule has 0 aromatic carbocycles. The number of hydrogen-bond acceptors (Lipinski definition) is 4. The number of nitrogens with zero attached hydrogens (tertiary/aromatic N) is 2. The van der Waals surface area contributed by atoms with Gasteiger partial charge in [0.05, 0.1) is 6.20 Å². The number of nitrogens with one attached hydrogen (secondary N) is 2. The number of hydrogen-bond donors (Lipinski definition) is 3. The second-order valence-electron chi connectivity index (χ2n) is 4.78. The zero-order chi connectivity index (χ0) is 13.8. The summed E-state index contributed by atoms with van der Waals surface area (Å²) in [4.78, 5) is 23.1. The van der Waals surface area contributed by atoms with E-state index in [0.29, 0.717) is 18.7 Å². The average Bonchev–Trinajstić information content (AvgIpc) is 3.16. The van der Waals surface area contributed by atoms with Gasteiger partial charge >= 0.3 is 0 Å². The van der Waals surface area contributed by atoms with Crippen molar-refractivity contribution in [2.24, 2.45) is 18.7 Å². The van der Waals surface area contributed by atoms with Gasteiger partial charge in [-0.25, -0.2) is 0 Å². The normalized spacial score (nSPS) is 15.9. The molecule has 0 saturated heterocycles. The summed E-state index contributed by atoms with van der Waals surface area (Å²) in [7, 11) is 1.77. The molecule has 7 nitrogen and oxygen atoms in total. The summed E-state index contributed by atoms with van der Waals surface area (Å²) in [5, 5.41) is 9.43. The lowest BCUT2D eigenvalue weighted by molar-refractivity contribution is -0.124. The lowest BCUT2D eigenvalue weighted by Crippen LogP contribution is -2.39. The van der Waals surface area contributed by atoms with Gasteiger partial charge in [0.2, 0.25) is 11.8 Å². The summed E-state index contributed by atoms with van der Waals surface area (Å²) < 4.78 is 1.60. The topological polar surface area (TPSA) is 102 Å². The van der Waals surface area contributed by atoms with Crippen molar-refractivity contribution in [1.82, 2.24) is 20.4 Å². The van der Waals surface area contributed by atoms with Gasteiger partial charge in [0, 0.05) is 37.8 Å². The molecule has 1 aliphatic rings. The summed E-state index contributed by atoms with van der Waals surface area (Å²) in [6.07, 6.45) is 5.23. The van der Waals surface area contributed by atoms with Crippen LogP contribution in [0.4, 0.5) is 0 Å². The largest absolute Gasteiger partial charge is 0.354 e. The highest BCUT2D eigenvalue weighted by molar-refractivity contribution is 5.83. The number of aromatic nitrogens is 2. The molecular formula is C12H19N5O2. The highest BCUT2D eigenvalue weighted by Gasteiger charge is 2.29. The van der Waals surface area contributed by atoms with Gasteiger partial charge in [0.25, 0.3) is 0 Å². The number of carbonyl (C=O) groups is 2. The number of aryl methyl sites for hydroxylation is 1. The molecule has 0 bridgehead atoms. The highest BCUT2D eigenvalue weighted by Crippen LogP contribution is 2.28. The highest BCUT2D eigenvalue weighted by atomic mass is 16.2. The minimum absolute atomic E-state index is 0.0748. The van der Waals surface area contributed by atoms with Crippen LogP contribution < -0.4 is 16.4 Å². The Morgan fingerprint density at radius 1 is 1.47 bits per heavy atom. The molecule has 0 aliphatic heterocycles. The SMILES string of the molecule is Cn1cc(C(N)C(=O)NCCNC(=O)C2CC2)cn1. The minimum Gasteiger partial charge on any atom is -0.354 e. The fraction of sp³-hybridized carbons (Fsp3) is 0.583. The molecule has 1 fully saturated rings. The van der Waals surface area contributed by atoms with E-state index >= 15 is 0 Å². The second-order valence-corrected chi connectivity index (χ2v) is 4.78. The summed E-state index contributed by atoms with van der Waals surface area (Å²) in [6.45, 7) is 0.812. The van der Waals surface area contributed by atoms with Gasteiger partial charge in [-0.15, -0.1) is 0 Å². The average molecular weight is 265 g/mol. The summed E-state index contributed by atoms with van der Waals surface area (Å²) >= 11 is 0. The maximum atomic E-state index is 11.8. The van der Waals surface area contributed by atoms with Crippen LogP contribution in [0.15, 0.2) is 12.4 Å².